The molecule has 0 saturated heterocycles. The highest BCUT2D eigenvalue weighted by atomic mass is 16.5. The number of primary amides is 1. The Balaban J connectivity index is 0.000000191. The molecule has 0 spiro atoms. The largest absolute Gasteiger partial charge is 0.497 e. The maximum Gasteiger partial charge on any atom is 0.303 e. The number of aromatic nitrogens is 1. The first-order valence-electron chi connectivity index (χ1n) is 10.7. The number of nitrogens with two attached hydrogens (primary N) is 1. The fourth-order valence-corrected chi connectivity index (χ4v) is 3.24. The molecule has 34 heavy (non-hydrogen) atoms. The van der Waals surface area contributed by atoms with Crippen LogP contribution >= 0.6 is 0 Å². The lowest BCUT2D eigenvalue weighted by atomic mass is 10.0. The average Bonchev–Trinajstić information content (AvgIpc) is 2.89. The fraction of sp³-hybridized carbons (Fsp3) is 0.107. The van der Waals surface area contributed by atoms with Gasteiger partial charge < -0.3 is 15.6 Å². The number of hydrogen-bond donors (Lipinski definition) is 2. The summed E-state index contributed by atoms with van der Waals surface area (Å²) in [7, 11) is 1.62. The zero-order valence-corrected chi connectivity index (χ0v) is 18.8. The van der Waals surface area contributed by atoms with Crippen LogP contribution in [0.25, 0.3) is 22.3 Å². The van der Waals surface area contributed by atoms with Crippen LogP contribution in [0, 0.1) is 0 Å². The third-order valence-electron chi connectivity index (χ3n) is 5.13. The van der Waals surface area contributed by atoms with Crippen LogP contribution in [0.2, 0.25) is 0 Å². The van der Waals surface area contributed by atoms with E-state index in [4.69, 9.17) is 15.6 Å². The van der Waals surface area contributed by atoms with Gasteiger partial charge in [-0.1, -0.05) is 72.8 Å². The van der Waals surface area contributed by atoms with E-state index in [-0.39, 0.29) is 12.1 Å². The van der Waals surface area contributed by atoms with Gasteiger partial charge in [0.25, 0.3) is 5.91 Å². The average molecular weight is 455 g/mol. The number of carbonyl (C=O) groups is 2. The van der Waals surface area contributed by atoms with Gasteiger partial charge in [-0.15, -0.1) is 0 Å². The van der Waals surface area contributed by atoms with Crippen molar-refractivity contribution in [3.8, 4) is 28.0 Å². The van der Waals surface area contributed by atoms with Crippen molar-refractivity contribution >= 4 is 11.9 Å². The number of benzene rings is 3. The first-order valence-corrected chi connectivity index (χ1v) is 10.7. The van der Waals surface area contributed by atoms with Crippen molar-refractivity contribution in [3.05, 3.63) is 108 Å². The van der Waals surface area contributed by atoms with E-state index < -0.39 is 11.9 Å². The quantitative estimate of drug-likeness (QED) is 0.398. The minimum absolute atomic E-state index is 0.185. The first kappa shape index (κ1) is 24.2. The monoisotopic (exact) mass is 454 g/mol. The van der Waals surface area contributed by atoms with Crippen molar-refractivity contribution in [3.63, 3.8) is 0 Å². The number of aryl methyl sites for hydroxylation is 1. The molecule has 1 amide bonds. The van der Waals surface area contributed by atoms with Gasteiger partial charge in [0.2, 0.25) is 0 Å². The van der Waals surface area contributed by atoms with E-state index in [0.29, 0.717) is 6.42 Å². The number of carbonyl (C=O) groups excluding carboxylic acids is 1. The fourth-order valence-electron chi connectivity index (χ4n) is 3.24. The molecule has 6 heteroatoms. The number of amides is 1. The highest BCUT2D eigenvalue weighted by Gasteiger charge is 2.03. The third-order valence-corrected chi connectivity index (χ3v) is 5.13. The molecule has 4 rings (SSSR count). The SMILES string of the molecule is COc1ccc(-c2ccc(C(N)=O)nc2)cc1.O=C(O)CCc1ccc(-c2ccccc2)cc1. The molecule has 3 N–H and O–H groups in total. The van der Waals surface area contributed by atoms with Crippen molar-refractivity contribution in [1.29, 1.82) is 0 Å². The maximum atomic E-state index is 10.9. The van der Waals surface area contributed by atoms with Gasteiger partial charge in [-0.25, -0.2) is 0 Å². The Hall–Kier alpha value is -4.45. The van der Waals surface area contributed by atoms with Gasteiger partial charge >= 0.3 is 5.97 Å². The van der Waals surface area contributed by atoms with E-state index in [1.165, 1.54) is 5.56 Å². The van der Waals surface area contributed by atoms with Gasteiger partial charge in [0, 0.05) is 18.2 Å². The second-order valence-electron chi connectivity index (χ2n) is 7.48. The molecule has 172 valence electrons. The Labute approximate surface area is 198 Å². The molecule has 3 aromatic carbocycles. The van der Waals surface area contributed by atoms with Crippen molar-refractivity contribution in [1.82, 2.24) is 4.98 Å². The lowest BCUT2D eigenvalue weighted by Gasteiger charge is -2.03. The molecule has 0 fully saturated rings. The Bertz CT molecular complexity index is 1200. The third kappa shape index (κ3) is 7.03. The molecule has 0 atom stereocenters. The number of pyridine rings is 1. The molecule has 6 nitrogen and oxygen atoms in total. The molecule has 1 aromatic heterocycles. The van der Waals surface area contributed by atoms with Crippen molar-refractivity contribution in [2.24, 2.45) is 5.73 Å². The van der Waals surface area contributed by atoms with Gasteiger partial charge in [-0.05, 0) is 46.9 Å². The summed E-state index contributed by atoms with van der Waals surface area (Å²) in [6, 6.07) is 29.2. The van der Waals surface area contributed by atoms with Gasteiger partial charge in [0.05, 0.1) is 7.11 Å². The molecule has 0 saturated carbocycles. The number of carboxylic acid groups (broad SMARTS) is 1. The minimum atomic E-state index is -0.753. The topological polar surface area (TPSA) is 103 Å². The van der Waals surface area contributed by atoms with E-state index in [1.807, 2.05) is 72.8 Å². The molecule has 0 bridgehead atoms. The Morgan fingerprint density at radius 3 is 1.88 bits per heavy atom. The van der Waals surface area contributed by atoms with Crippen LogP contribution < -0.4 is 10.5 Å². The molecular formula is C28H26N2O4. The molecular weight excluding hydrogens is 428 g/mol. The summed E-state index contributed by atoms with van der Waals surface area (Å²) < 4.78 is 5.08. The number of ether oxygens (including phenoxy) is 1. The van der Waals surface area contributed by atoms with E-state index in [0.717, 1.165) is 28.0 Å². The molecule has 0 radical (unpaired) electrons. The normalized spacial score (nSPS) is 10.0. The summed E-state index contributed by atoms with van der Waals surface area (Å²) in [5.41, 5.74) is 10.7. The van der Waals surface area contributed by atoms with Gasteiger partial charge in [-0.2, -0.15) is 0 Å². The summed E-state index contributed by atoms with van der Waals surface area (Å²) in [6.07, 6.45) is 2.40. The second kappa shape index (κ2) is 12.0. The molecule has 0 aliphatic heterocycles. The van der Waals surface area contributed by atoms with Crippen LogP contribution in [0.4, 0.5) is 0 Å². The number of hydrogen-bond acceptors (Lipinski definition) is 4. The van der Waals surface area contributed by atoms with Crippen LogP contribution in [0.1, 0.15) is 22.5 Å². The Kier molecular flexibility index (Phi) is 8.52. The molecule has 0 unspecified atom stereocenters. The second-order valence-corrected chi connectivity index (χ2v) is 7.48. The van der Waals surface area contributed by atoms with E-state index >= 15 is 0 Å². The number of methoxy groups -OCH3 is 1. The van der Waals surface area contributed by atoms with Gasteiger partial charge in [0.15, 0.2) is 0 Å². The Morgan fingerprint density at radius 1 is 0.794 bits per heavy atom. The predicted octanol–water partition coefficient (Wildman–Crippen LogP) is 5.23. The van der Waals surface area contributed by atoms with Gasteiger partial charge in [-0.3, -0.25) is 14.6 Å². The first-order chi connectivity index (χ1) is 16.5. The smallest absolute Gasteiger partial charge is 0.303 e. The van der Waals surface area contributed by atoms with E-state index in [1.54, 1.807) is 19.4 Å². The van der Waals surface area contributed by atoms with Crippen LogP contribution in [-0.2, 0) is 11.2 Å². The summed E-state index contributed by atoms with van der Waals surface area (Å²) in [5, 5.41) is 8.61. The zero-order chi connectivity index (χ0) is 24.3. The molecule has 0 aliphatic carbocycles. The Morgan fingerprint density at radius 2 is 1.35 bits per heavy atom. The van der Waals surface area contributed by atoms with Crippen LogP contribution in [0.15, 0.2) is 97.2 Å². The standard InChI is InChI=1S/C15H14O2.C13H12N2O2/c16-15(17)11-8-12-6-9-14(10-7-12)13-4-2-1-3-5-13;1-17-11-5-2-9(3-6-11)10-4-7-12(13(14)16)15-8-10/h1-7,9-10H,8,11H2,(H,16,17);2-8H,1H3,(H2,14,16). The molecule has 1 heterocycles. The summed E-state index contributed by atoms with van der Waals surface area (Å²) in [5.74, 6) is -0.473. The summed E-state index contributed by atoms with van der Waals surface area (Å²) in [4.78, 5) is 25.3. The highest BCUT2D eigenvalue weighted by Crippen LogP contribution is 2.22. The van der Waals surface area contributed by atoms with Crippen molar-refractivity contribution < 1.29 is 19.4 Å². The predicted molar refractivity (Wildman–Crippen MR) is 133 cm³/mol. The zero-order valence-electron chi connectivity index (χ0n) is 18.8. The maximum absolute atomic E-state index is 10.9. The van der Waals surface area contributed by atoms with E-state index in [2.05, 4.69) is 17.1 Å². The number of nitrogens with zero attached hydrogens (tertiary/aromatic N) is 1. The van der Waals surface area contributed by atoms with Crippen molar-refractivity contribution in [2.45, 2.75) is 12.8 Å². The molecule has 0 aliphatic rings. The van der Waals surface area contributed by atoms with Crippen LogP contribution in [0.3, 0.4) is 0 Å². The van der Waals surface area contributed by atoms with Gasteiger partial charge in [0.1, 0.15) is 11.4 Å². The summed E-state index contributed by atoms with van der Waals surface area (Å²) >= 11 is 0. The number of aliphatic carboxylic acids is 1. The number of carboxylic acids is 1. The van der Waals surface area contributed by atoms with Crippen LogP contribution in [-0.4, -0.2) is 29.1 Å². The highest BCUT2D eigenvalue weighted by molar-refractivity contribution is 5.91. The lowest BCUT2D eigenvalue weighted by molar-refractivity contribution is -0.136. The van der Waals surface area contributed by atoms with Crippen molar-refractivity contribution in [2.75, 3.05) is 7.11 Å². The van der Waals surface area contributed by atoms with Crippen LogP contribution in [0.5, 0.6) is 5.75 Å². The lowest BCUT2D eigenvalue weighted by Crippen LogP contribution is -2.12. The molecule has 4 aromatic rings. The number of rotatable bonds is 7. The van der Waals surface area contributed by atoms with E-state index in [9.17, 15) is 9.59 Å². The minimum Gasteiger partial charge on any atom is -0.497 e. The summed E-state index contributed by atoms with van der Waals surface area (Å²) in [6.45, 7) is 0.